The quantitative estimate of drug-likeness (QED) is 0.494. The Kier molecular flexibility index (Phi) is 6.74. The van der Waals surface area contributed by atoms with Gasteiger partial charge < -0.3 is 0 Å². The third-order valence-electron chi connectivity index (χ3n) is 2.15. The second kappa shape index (κ2) is 8.55. The van der Waals surface area contributed by atoms with Crippen molar-refractivity contribution in [2.24, 2.45) is 0 Å². The van der Waals surface area contributed by atoms with Crippen LogP contribution in [0.2, 0.25) is 0 Å². The first-order valence-electron chi connectivity index (χ1n) is 5.52. The van der Waals surface area contributed by atoms with Crippen molar-refractivity contribution in [3.63, 3.8) is 0 Å². The third-order valence-corrected chi connectivity index (χ3v) is 2.15. The summed E-state index contributed by atoms with van der Waals surface area (Å²) in [7, 11) is 0. The molecule has 0 heteroatoms. The van der Waals surface area contributed by atoms with Crippen LogP contribution < -0.4 is 0 Å². The molecule has 1 radical (unpaired) electrons. The molecule has 0 saturated heterocycles. The van der Waals surface area contributed by atoms with Gasteiger partial charge in [0.2, 0.25) is 0 Å². The maximum absolute atomic E-state index is 3.26. The van der Waals surface area contributed by atoms with Gasteiger partial charge in [-0.1, -0.05) is 42.5 Å². The minimum atomic E-state index is 0.939. The van der Waals surface area contributed by atoms with Crippen molar-refractivity contribution >= 4 is 0 Å². The van der Waals surface area contributed by atoms with E-state index in [1.165, 1.54) is 19.3 Å². The van der Waals surface area contributed by atoms with Crippen molar-refractivity contribution < 1.29 is 0 Å². The van der Waals surface area contributed by atoms with Crippen LogP contribution in [-0.4, -0.2) is 0 Å². The molecule has 1 aliphatic rings. The zero-order valence-corrected chi connectivity index (χ0v) is 8.78. The SMILES string of the molecule is [C]1=CCCC=CCCCC=CC=CC1. The van der Waals surface area contributed by atoms with Crippen LogP contribution in [0.25, 0.3) is 0 Å². The summed E-state index contributed by atoms with van der Waals surface area (Å²) in [6.45, 7) is 0. The normalized spacial score (nSPS) is 19.4. The summed E-state index contributed by atoms with van der Waals surface area (Å²) in [4.78, 5) is 0. The lowest BCUT2D eigenvalue weighted by molar-refractivity contribution is 0.862. The largest absolute Gasteiger partial charge is 0.0885 e. The van der Waals surface area contributed by atoms with Gasteiger partial charge in [0.15, 0.2) is 0 Å². The van der Waals surface area contributed by atoms with Crippen molar-refractivity contribution in [2.45, 2.75) is 38.5 Å². The van der Waals surface area contributed by atoms with Crippen LogP contribution in [0, 0.1) is 6.08 Å². The molecule has 0 aromatic heterocycles. The van der Waals surface area contributed by atoms with Gasteiger partial charge in [-0.2, -0.15) is 0 Å². The maximum Gasteiger partial charge on any atom is -0.00948 e. The second-order valence-corrected chi connectivity index (χ2v) is 3.45. The lowest BCUT2D eigenvalue weighted by Crippen LogP contribution is -1.71. The van der Waals surface area contributed by atoms with Gasteiger partial charge in [-0.15, -0.1) is 0 Å². The first kappa shape index (κ1) is 11.0. The Morgan fingerprint density at radius 1 is 0.714 bits per heavy atom. The molecular weight excluding hydrogens is 168 g/mol. The van der Waals surface area contributed by atoms with E-state index in [1.54, 1.807) is 0 Å². The fraction of sp³-hybridized carbons (Fsp3) is 0.429. The molecule has 0 aromatic carbocycles. The van der Waals surface area contributed by atoms with Crippen LogP contribution >= 0.6 is 0 Å². The Balaban J connectivity index is 2.34. The van der Waals surface area contributed by atoms with Crippen LogP contribution in [0.15, 0.2) is 42.5 Å². The van der Waals surface area contributed by atoms with E-state index in [4.69, 9.17) is 0 Å². The molecule has 1 rings (SSSR count). The highest BCUT2D eigenvalue weighted by Gasteiger charge is 1.82. The third kappa shape index (κ3) is 6.47. The molecular formula is C14H19. The van der Waals surface area contributed by atoms with E-state index in [1.807, 2.05) is 0 Å². The fourth-order valence-corrected chi connectivity index (χ4v) is 1.34. The predicted molar refractivity (Wildman–Crippen MR) is 62.9 cm³/mol. The topological polar surface area (TPSA) is 0 Å². The molecule has 0 fully saturated rings. The fourth-order valence-electron chi connectivity index (χ4n) is 1.34. The van der Waals surface area contributed by atoms with Crippen molar-refractivity contribution in [1.82, 2.24) is 0 Å². The molecule has 1 aliphatic carbocycles. The number of rotatable bonds is 0. The Hall–Kier alpha value is -1.04. The predicted octanol–water partition coefficient (Wildman–Crippen LogP) is 4.37. The molecule has 0 atom stereocenters. The van der Waals surface area contributed by atoms with E-state index in [9.17, 15) is 0 Å². The highest BCUT2D eigenvalue weighted by Crippen LogP contribution is 2.01. The van der Waals surface area contributed by atoms with Gasteiger partial charge in [-0.25, -0.2) is 0 Å². The van der Waals surface area contributed by atoms with Crippen molar-refractivity contribution in [3.05, 3.63) is 48.6 Å². The smallest absolute Gasteiger partial charge is 0.00948 e. The highest BCUT2D eigenvalue weighted by atomic mass is 13.9. The van der Waals surface area contributed by atoms with Crippen molar-refractivity contribution in [3.8, 4) is 0 Å². The van der Waals surface area contributed by atoms with E-state index >= 15 is 0 Å². The average Bonchev–Trinajstić information content (AvgIpc) is 2.22. The van der Waals surface area contributed by atoms with Crippen LogP contribution in [0.4, 0.5) is 0 Å². The molecule has 0 aromatic rings. The molecule has 0 spiro atoms. The summed E-state index contributed by atoms with van der Waals surface area (Å²) in [6.07, 6.45) is 25.5. The van der Waals surface area contributed by atoms with E-state index in [-0.39, 0.29) is 0 Å². The van der Waals surface area contributed by atoms with Crippen LogP contribution in [0.3, 0.4) is 0 Å². The first-order chi connectivity index (χ1) is 7.00. The minimum absolute atomic E-state index is 0.939. The molecule has 0 unspecified atom stereocenters. The van der Waals surface area contributed by atoms with Crippen molar-refractivity contribution in [1.29, 1.82) is 0 Å². The number of allylic oxidation sites excluding steroid dienone is 8. The van der Waals surface area contributed by atoms with Crippen LogP contribution in [-0.2, 0) is 0 Å². The molecule has 0 N–H and O–H groups in total. The standard InChI is InChI=1S/C14H19/c1-2-4-6-8-10-12-14-13-11-9-7-5-3-1/h1-4,10-11,13H,5-7,9,12,14H2. The minimum Gasteiger partial charge on any atom is -0.0885 e. The van der Waals surface area contributed by atoms with Crippen LogP contribution in [0.5, 0.6) is 0 Å². The Labute approximate surface area is 87.7 Å². The van der Waals surface area contributed by atoms with Crippen molar-refractivity contribution in [2.75, 3.05) is 0 Å². The second-order valence-electron chi connectivity index (χ2n) is 3.45. The molecule has 0 heterocycles. The summed E-state index contributed by atoms with van der Waals surface area (Å²) in [5.74, 6) is 0. The Morgan fingerprint density at radius 2 is 1.50 bits per heavy atom. The zero-order valence-electron chi connectivity index (χ0n) is 8.78. The van der Waals surface area contributed by atoms with Gasteiger partial charge in [0, 0.05) is 0 Å². The molecule has 0 amide bonds. The van der Waals surface area contributed by atoms with Gasteiger partial charge >= 0.3 is 0 Å². The molecule has 0 bridgehead atoms. The van der Waals surface area contributed by atoms with Gasteiger partial charge in [0.1, 0.15) is 0 Å². The summed E-state index contributed by atoms with van der Waals surface area (Å²) >= 11 is 0. The van der Waals surface area contributed by atoms with Gasteiger partial charge in [-0.3, -0.25) is 0 Å². The van der Waals surface area contributed by atoms with E-state index in [2.05, 4.69) is 48.6 Å². The van der Waals surface area contributed by atoms with E-state index in [0.29, 0.717) is 0 Å². The van der Waals surface area contributed by atoms with Gasteiger partial charge in [0.05, 0.1) is 0 Å². The first-order valence-corrected chi connectivity index (χ1v) is 5.52. The summed E-state index contributed by atoms with van der Waals surface area (Å²) in [6, 6.07) is 0. The monoisotopic (exact) mass is 187 g/mol. The summed E-state index contributed by atoms with van der Waals surface area (Å²) in [5, 5.41) is 0. The average molecular weight is 187 g/mol. The maximum atomic E-state index is 3.26. The Bertz CT molecular complexity index is 228. The number of hydrogen-bond acceptors (Lipinski definition) is 0. The summed E-state index contributed by atoms with van der Waals surface area (Å²) < 4.78 is 0. The lowest BCUT2D eigenvalue weighted by atomic mass is 10.2. The van der Waals surface area contributed by atoms with Gasteiger partial charge in [0.25, 0.3) is 0 Å². The number of hydrogen-bond donors (Lipinski definition) is 0. The molecule has 0 saturated carbocycles. The van der Waals surface area contributed by atoms with E-state index < -0.39 is 0 Å². The molecule has 14 heavy (non-hydrogen) atoms. The van der Waals surface area contributed by atoms with Crippen LogP contribution in [0.1, 0.15) is 38.5 Å². The molecule has 0 nitrogen and oxygen atoms in total. The van der Waals surface area contributed by atoms with E-state index in [0.717, 1.165) is 19.3 Å². The molecule has 0 aliphatic heterocycles. The zero-order chi connectivity index (χ0) is 9.90. The van der Waals surface area contributed by atoms with Gasteiger partial charge in [-0.05, 0) is 44.6 Å². The lowest BCUT2D eigenvalue weighted by Gasteiger charge is -1.91. The summed E-state index contributed by atoms with van der Waals surface area (Å²) in [5.41, 5.74) is 0. The molecule has 75 valence electrons. The Morgan fingerprint density at radius 3 is 2.50 bits per heavy atom. The highest BCUT2D eigenvalue weighted by molar-refractivity contribution is 5.04.